The fraction of sp³-hybridized carbons (Fsp3) is 0.538. The standard InChI is InChI=1S/C13H20OS/c1-9(2)11(4)15-13-7-5-12(6-8-13)10(3)14/h5-11,14H,1-4H3/t10-,11?/m0/s1. The highest BCUT2D eigenvalue weighted by Crippen LogP contribution is 2.28. The van der Waals surface area contributed by atoms with Gasteiger partial charge >= 0.3 is 0 Å². The van der Waals surface area contributed by atoms with E-state index in [1.807, 2.05) is 23.9 Å². The number of thioether (sulfide) groups is 1. The molecule has 0 aliphatic heterocycles. The number of aliphatic hydroxyl groups excluding tert-OH is 1. The second-order valence-electron chi connectivity index (χ2n) is 4.31. The molecule has 0 aromatic heterocycles. The van der Waals surface area contributed by atoms with Gasteiger partial charge in [-0.25, -0.2) is 0 Å². The molecule has 2 atom stereocenters. The lowest BCUT2D eigenvalue weighted by molar-refractivity contribution is 0.199. The fourth-order valence-corrected chi connectivity index (χ4v) is 2.17. The van der Waals surface area contributed by atoms with Crippen LogP contribution in [0, 0.1) is 5.92 Å². The molecule has 0 saturated heterocycles. The smallest absolute Gasteiger partial charge is 0.0761 e. The summed E-state index contributed by atoms with van der Waals surface area (Å²) in [7, 11) is 0. The van der Waals surface area contributed by atoms with Crippen molar-refractivity contribution in [2.45, 2.75) is 43.9 Å². The molecule has 1 unspecified atom stereocenters. The van der Waals surface area contributed by atoms with Gasteiger partial charge in [0.05, 0.1) is 6.10 Å². The molecule has 0 saturated carbocycles. The predicted octanol–water partition coefficient (Wildman–Crippen LogP) is 3.88. The van der Waals surface area contributed by atoms with Crippen LogP contribution in [0.4, 0.5) is 0 Å². The van der Waals surface area contributed by atoms with Gasteiger partial charge in [-0.05, 0) is 30.5 Å². The third-order valence-corrected chi connectivity index (χ3v) is 4.08. The van der Waals surface area contributed by atoms with Crippen molar-refractivity contribution < 1.29 is 5.11 Å². The Balaban J connectivity index is 2.64. The Bertz CT molecular complexity index is 290. The Morgan fingerprint density at radius 1 is 1.00 bits per heavy atom. The highest BCUT2D eigenvalue weighted by atomic mass is 32.2. The lowest BCUT2D eigenvalue weighted by Crippen LogP contribution is -2.05. The van der Waals surface area contributed by atoms with E-state index in [-0.39, 0.29) is 6.10 Å². The second kappa shape index (κ2) is 5.57. The number of benzene rings is 1. The quantitative estimate of drug-likeness (QED) is 0.783. The van der Waals surface area contributed by atoms with Crippen molar-refractivity contribution in [1.29, 1.82) is 0 Å². The van der Waals surface area contributed by atoms with Gasteiger partial charge in [-0.3, -0.25) is 0 Å². The van der Waals surface area contributed by atoms with Gasteiger partial charge in [-0.15, -0.1) is 11.8 Å². The Hall–Kier alpha value is -0.470. The highest BCUT2D eigenvalue weighted by molar-refractivity contribution is 8.00. The van der Waals surface area contributed by atoms with E-state index in [1.54, 1.807) is 6.92 Å². The van der Waals surface area contributed by atoms with Gasteiger partial charge in [-0.2, -0.15) is 0 Å². The molecule has 0 amide bonds. The molecular weight excluding hydrogens is 204 g/mol. The Morgan fingerprint density at radius 3 is 1.93 bits per heavy atom. The molecule has 0 radical (unpaired) electrons. The van der Waals surface area contributed by atoms with Crippen molar-refractivity contribution in [1.82, 2.24) is 0 Å². The van der Waals surface area contributed by atoms with E-state index < -0.39 is 0 Å². The first-order valence-electron chi connectivity index (χ1n) is 5.45. The molecule has 15 heavy (non-hydrogen) atoms. The molecule has 1 aromatic carbocycles. The maximum absolute atomic E-state index is 9.38. The molecule has 1 aromatic rings. The fourth-order valence-electron chi connectivity index (χ4n) is 1.18. The van der Waals surface area contributed by atoms with E-state index in [9.17, 15) is 5.11 Å². The summed E-state index contributed by atoms with van der Waals surface area (Å²) in [5.41, 5.74) is 0.983. The first-order valence-corrected chi connectivity index (χ1v) is 6.33. The van der Waals surface area contributed by atoms with Crippen LogP contribution in [-0.2, 0) is 0 Å². The minimum atomic E-state index is -0.369. The van der Waals surface area contributed by atoms with Gasteiger partial charge in [0, 0.05) is 10.1 Å². The second-order valence-corrected chi connectivity index (χ2v) is 5.76. The summed E-state index contributed by atoms with van der Waals surface area (Å²) in [6, 6.07) is 8.18. The Morgan fingerprint density at radius 2 is 1.53 bits per heavy atom. The Labute approximate surface area is 96.9 Å². The summed E-state index contributed by atoms with van der Waals surface area (Å²) in [5, 5.41) is 10.0. The van der Waals surface area contributed by atoms with Crippen LogP contribution in [0.5, 0.6) is 0 Å². The topological polar surface area (TPSA) is 20.2 Å². The van der Waals surface area contributed by atoms with Gasteiger partial charge in [-0.1, -0.05) is 32.9 Å². The lowest BCUT2D eigenvalue weighted by Gasteiger charge is -2.15. The zero-order chi connectivity index (χ0) is 11.4. The summed E-state index contributed by atoms with van der Waals surface area (Å²) >= 11 is 1.89. The molecule has 1 N–H and O–H groups in total. The van der Waals surface area contributed by atoms with Crippen LogP contribution < -0.4 is 0 Å². The summed E-state index contributed by atoms with van der Waals surface area (Å²) in [6.45, 7) is 8.51. The van der Waals surface area contributed by atoms with Crippen molar-refractivity contribution in [2.24, 2.45) is 5.92 Å². The summed E-state index contributed by atoms with van der Waals surface area (Å²) < 4.78 is 0. The highest BCUT2D eigenvalue weighted by Gasteiger charge is 2.08. The van der Waals surface area contributed by atoms with Crippen LogP contribution in [0.3, 0.4) is 0 Å². The van der Waals surface area contributed by atoms with Gasteiger partial charge in [0.2, 0.25) is 0 Å². The van der Waals surface area contributed by atoms with Crippen molar-refractivity contribution >= 4 is 11.8 Å². The summed E-state index contributed by atoms with van der Waals surface area (Å²) in [5.74, 6) is 0.687. The van der Waals surface area contributed by atoms with Crippen molar-refractivity contribution in [2.75, 3.05) is 0 Å². The van der Waals surface area contributed by atoms with E-state index in [0.29, 0.717) is 11.2 Å². The SMILES string of the molecule is CC(C)C(C)Sc1ccc([C@H](C)O)cc1. The third-order valence-electron chi connectivity index (χ3n) is 2.62. The molecule has 0 heterocycles. The molecule has 0 aliphatic rings. The number of aliphatic hydroxyl groups is 1. The predicted molar refractivity (Wildman–Crippen MR) is 67.2 cm³/mol. The van der Waals surface area contributed by atoms with Crippen LogP contribution in [0.2, 0.25) is 0 Å². The molecule has 0 spiro atoms. The average molecular weight is 224 g/mol. The van der Waals surface area contributed by atoms with Gasteiger partial charge in [0.15, 0.2) is 0 Å². The molecule has 1 nitrogen and oxygen atoms in total. The van der Waals surface area contributed by atoms with Gasteiger partial charge in [0.25, 0.3) is 0 Å². The molecular formula is C13H20OS. The summed E-state index contributed by atoms with van der Waals surface area (Å²) in [4.78, 5) is 1.28. The zero-order valence-electron chi connectivity index (χ0n) is 9.90. The normalized spacial score (nSPS) is 15.3. The molecule has 1 rings (SSSR count). The molecule has 0 fully saturated rings. The lowest BCUT2D eigenvalue weighted by atomic mass is 10.1. The van der Waals surface area contributed by atoms with Crippen LogP contribution in [0.1, 0.15) is 39.4 Å². The van der Waals surface area contributed by atoms with Crippen molar-refractivity contribution in [3.05, 3.63) is 29.8 Å². The minimum Gasteiger partial charge on any atom is -0.389 e. The van der Waals surface area contributed by atoms with E-state index >= 15 is 0 Å². The van der Waals surface area contributed by atoms with Gasteiger partial charge < -0.3 is 5.11 Å². The van der Waals surface area contributed by atoms with Crippen LogP contribution >= 0.6 is 11.8 Å². The number of hydrogen-bond donors (Lipinski definition) is 1. The minimum absolute atomic E-state index is 0.369. The number of hydrogen-bond acceptors (Lipinski definition) is 2. The molecule has 0 aliphatic carbocycles. The molecule has 84 valence electrons. The Kier molecular flexibility index (Phi) is 4.68. The molecule has 0 bridgehead atoms. The number of rotatable bonds is 4. The third kappa shape index (κ3) is 3.88. The van der Waals surface area contributed by atoms with Crippen LogP contribution in [-0.4, -0.2) is 10.4 Å². The first-order chi connectivity index (χ1) is 7.00. The van der Waals surface area contributed by atoms with E-state index in [2.05, 4.69) is 32.9 Å². The van der Waals surface area contributed by atoms with Gasteiger partial charge in [0.1, 0.15) is 0 Å². The maximum Gasteiger partial charge on any atom is 0.0761 e. The molecule has 2 heteroatoms. The van der Waals surface area contributed by atoms with E-state index in [0.717, 1.165) is 5.56 Å². The van der Waals surface area contributed by atoms with E-state index in [1.165, 1.54) is 4.90 Å². The van der Waals surface area contributed by atoms with Crippen molar-refractivity contribution in [3.63, 3.8) is 0 Å². The maximum atomic E-state index is 9.38. The van der Waals surface area contributed by atoms with E-state index in [4.69, 9.17) is 0 Å². The van der Waals surface area contributed by atoms with Crippen LogP contribution in [0.15, 0.2) is 29.2 Å². The zero-order valence-corrected chi connectivity index (χ0v) is 10.7. The van der Waals surface area contributed by atoms with Crippen LogP contribution in [0.25, 0.3) is 0 Å². The summed E-state index contributed by atoms with van der Waals surface area (Å²) in [6.07, 6.45) is -0.369. The largest absolute Gasteiger partial charge is 0.389 e. The monoisotopic (exact) mass is 224 g/mol. The first kappa shape index (κ1) is 12.6. The average Bonchev–Trinajstić information content (AvgIpc) is 2.18. The van der Waals surface area contributed by atoms with Crippen molar-refractivity contribution in [3.8, 4) is 0 Å².